The molecule has 0 bridgehead atoms. The third kappa shape index (κ3) is 7.56. The monoisotopic (exact) mass is 450 g/mol. The fraction of sp³-hybridized carbons (Fsp3) is 0.571. The van der Waals surface area contributed by atoms with E-state index in [1.54, 1.807) is 20.0 Å². The van der Waals surface area contributed by atoms with Crippen molar-refractivity contribution in [3.05, 3.63) is 59.2 Å². The van der Waals surface area contributed by atoms with Gasteiger partial charge < -0.3 is 5.11 Å². The molecule has 1 unspecified atom stereocenters. The van der Waals surface area contributed by atoms with Crippen molar-refractivity contribution < 1.29 is 14.7 Å². The molecule has 2 heterocycles. The van der Waals surface area contributed by atoms with Gasteiger partial charge in [-0.1, -0.05) is 0 Å². The number of aromatic nitrogens is 2. The summed E-state index contributed by atoms with van der Waals surface area (Å²) in [4.78, 5) is 31.0. The Hall–Kier alpha value is -2.40. The zero-order valence-electron chi connectivity index (χ0n) is 20.5. The van der Waals surface area contributed by atoms with E-state index in [4.69, 9.17) is 0 Å². The van der Waals surface area contributed by atoms with Crippen LogP contribution >= 0.6 is 0 Å². The van der Waals surface area contributed by atoms with Crippen LogP contribution in [-0.2, 0) is 22.4 Å². The first-order chi connectivity index (χ1) is 15.7. The van der Waals surface area contributed by atoms with E-state index in [-0.39, 0.29) is 23.7 Å². The van der Waals surface area contributed by atoms with E-state index in [2.05, 4.69) is 22.1 Å². The number of aliphatic hydroxyl groups excluding tert-OH is 1. The smallest absolute Gasteiger partial charge is 0.133 e. The summed E-state index contributed by atoms with van der Waals surface area (Å²) in [6, 6.07) is 8.28. The maximum absolute atomic E-state index is 11.3. The molecule has 33 heavy (non-hydrogen) atoms. The summed E-state index contributed by atoms with van der Waals surface area (Å²) in [5.41, 5.74) is 4.64. The second kappa shape index (κ2) is 11.6. The number of pyridine rings is 2. The van der Waals surface area contributed by atoms with Crippen LogP contribution in [0.3, 0.4) is 0 Å². The van der Waals surface area contributed by atoms with Gasteiger partial charge >= 0.3 is 0 Å². The number of carbonyl (C=O) groups excluding carboxylic acids is 2. The summed E-state index contributed by atoms with van der Waals surface area (Å²) < 4.78 is 0. The van der Waals surface area contributed by atoms with Crippen molar-refractivity contribution in [3.63, 3.8) is 0 Å². The number of aliphatic hydroxyl groups is 1. The number of Topliss-reactive ketones (excluding diaryl/α,β-unsaturated/α-hetero) is 2. The molecule has 0 saturated heterocycles. The van der Waals surface area contributed by atoms with E-state index >= 15 is 0 Å². The zero-order chi connectivity index (χ0) is 24.0. The van der Waals surface area contributed by atoms with Crippen LogP contribution in [0.1, 0.15) is 68.5 Å². The van der Waals surface area contributed by atoms with Crippen LogP contribution in [-0.4, -0.2) is 32.7 Å². The van der Waals surface area contributed by atoms with Gasteiger partial charge in [0.25, 0.3) is 0 Å². The van der Waals surface area contributed by atoms with Crippen LogP contribution in [0.5, 0.6) is 0 Å². The summed E-state index contributed by atoms with van der Waals surface area (Å²) in [6.45, 7) is 7.34. The minimum atomic E-state index is -0.336. The molecular weight excluding hydrogens is 412 g/mol. The molecular formula is C28H38N2O3. The van der Waals surface area contributed by atoms with Gasteiger partial charge in [0, 0.05) is 35.6 Å². The summed E-state index contributed by atoms with van der Waals surface area (Å²) >= 11 is 0. The van der Waals surface area contributed by atoms with Crippen LogP contribution < -0.4 is 0 Å². The van der Waals surface area contributed by atoms with Crippen molar-refractivity contribution in [2.75, 3.05) is 0 Å². The Morgan fingerprint density at radius 3 is 1.91 bits per heavy atom. The van der Waals surface area contributed by atoms with Gasteiger partial charge in [-0.05, 0) is 120 Å². The lowest BCUT2D eigenvalue weighted by atomic mass is 9.95. The highest BCUT2D eigenvalue weighted by atomic mass is 16.3. The van der Waals surface area contributed by atoms with E-state index < -0.39 is 0 Å². The molecule has 2 aromatic rings. The summed E-state index contributed by atoms with van der Waals surface area (Å²) in [7, 11) is 0. The summed E-state index contributed by atoms with van der Waals surface area (Å²) in [6.07, 6.45) is 10.1. The molecule has 5 atom stereocenters. The van der Waals surface area contributed by atoms with Crippen molar-refractivity contribution in [3.8, 4) is 0 Å². The van der Waals surface area contributed by atoms with Crippen molar-refractivity contribution in [1.82, 2.24) is 9.97 Å². The third-order valence-corrected chi connectivity index (χ3v) is 7.29. The predicted octanol–water partition coefficient (Wildman–Crippen LogP) is 4.85. The Balaban J connectivity index is 0.000000186. The van der Waals surface area contributed by atoms with Crippen LogP contribution in [0.2, 0.25) is 0 Å². The van der Waals surface area contributed by atoms with E-state index in [0.29, 0.717) is 24.0 Å². The maximum atomic E-state index is 11.3. The molecule has 2 aliphatic rings. The second-order valence-corrected chi connectivity index (χ2v) is 10.1. The Kier molecular flexibility index (Phi) is 8.90. The molecule has 5 nitrogen and oxygen atoms in total. The molecule has 2 saturated carbocycles. The summed E-state index contributed by atoms with van der Waals surface area (Å²) in [5.74, 6) is 1.86. The van der Waals surface area contributed by atoms with Crippen molar-refractivity contribution in [2.24, 2.45) is 23.7 Å². The van der Waals surface area contributed by atoms with Crippen LogP contribution in [0.4, 0.5) is 0 Å². The largest absolute Gasteiger partial charge is 0.393 e. The average molecular weight is 451 g/mol. The molecule has 0 aliphatic heterocycles. The maximum Gasteiger partial charge on any atom is 0.133 e. The first kappa shape index (κ1) is 25.2. The highest BCUT2D eigenvalue weighted by Gasteiger charge is 2.35. The van der Waals surface area contributed by atoms with Crippen molar-refractivity contribution in [2.45, 2.75) is 78.7 Å². The normalized spacial score (nSPS) is 26.5. The molecule has 1 N–H and O–H groups in total. The number of nitrogens with zero attached hydrogens (tertiary/aromatic N) is 2. The minimum Gasteiger partial charge on any atom is -0.393 e. The SMILES string of the molecule is CC(=O)[C@@H]1CC(O)[C@@H](Cc2ccnc(C)c2)C1.CC(=O)[C@@H]1CC[C@@H](Cc2ccnc(C)c2)C1. The lowest BCUT2D eigenvalue weighted by molar-refractivity contribution is -0.121. The molecule has 2 fully saturated rings. The van der Waals surface area contributed by atoms with Crippen molar-refractivity contribution >= 4 is 11.6 Å². The van der Waals surface area contributed by atoms with Gasteiger partial charge in [-0.15, -0.1) is 0 Å². The Morgan fingerprint density at radius 1 is 0.848 bits per heavy atom. The lowest BCUT2D eigenvalue weighted by Crippen LogP contribution is -2.15. The van der Waals surface area contributed by atoms with Gasteiger partial charge in [0.1, 0.15) is 11.6 Å². The number of carbonyl (C=O) groups is 2. The topological polar surface area (TPSA) is 80.1 Å². The number of hydrogen-bond acceptors (Lipinski definition) is 5. The van der Waals surface area contributed by atoms with E-state index in [9.17, 15) is 14.7 Å². The van der Waals surface area contributed by atoms with Gasteiger partial charge in [0.15, 0.2) is 0 Å². The van der Waals surface area contributed by atoms with Gasteiger partial charge in [-0.2, -0.15) is 0 Å². The lowest BCUT2D eigenvalue weighted by Gasteiger charge is -2.14. The minimum absolute atomic E-state index is 0.0536. The zero-order valence-corrected chi connectivity index (χ0v) is 20.5. The molecule has 178 valence electrons. The Bertz CT molecular complexity index is 958. The standard InChI is InChI=1S/C14H19NO2.C14H19NO/c1-9-5-11(3-4-15-9)6-13-7-12(10(2)16)8-14(13)17;1-10-7-13(5-6-15-10)8-12-3-4-14(9-12)11(2)16/h3-5,12-14,17H,6-8H2,1-2H3;5-7,12,14H,3-4,8-9H2,1-2H3/t12-,13-,14?;12-,14+/m00/s1. The first-order valence-corrected chi connectivity index (χ1v) is 12.2. The molecule has 5 heteroatoms. The number of rotatable bonds is 6. The molecule has 2 aromatic heterocycles. The number of ketones is 2. The van der Waals surface area contributed by atoms with Crippen LogP contribution in [0.25, 0.3) is 0 Å². The first-order valence-electron chi connectivity index (χ1n) is 12.2. The fourth-order valence-corrected chi connectivity index (χ4v) is 5.38. The van der Waals surface area contributed by atoms with E-state index in [0.717, 1.165) is 43.5 Å². The van der Waals surface area contributed by atoms with Gasteiger partial charge in [-0.3, -0.25) is 19.6 Å². The van der Waals surface area contributed by atoms with Gasteiger partial charge in [0.2, 0.25) is 0 Å². The molecule has 2 aliphatic carbocycles. The number of aryl methyl sites for hydroxylation is 2. The van der Waals surface area contributed by atoms with Crippen LogP contribution in [0.15, 0.2) is 36.7 Å². The third-order valence-electron chi connectivity index (χ3n) is 7.29. The predicted molar refractivity (Wildman–Crippen MR) is 130 cm³/mol. The quantitative estimate of drug-likeness (QED) is 0.681. The highest BCUT2D eigenvalue weighted by Crippen LogP contribution is 2.34. The van der Waals surface area contributed by atoms with Crippen molar-refractivity contribution in [1.29, 1.82) is 0 Å². The molecule has 0 amide bonds. The molecule has 4 rings (SSSR count). The average Bonchev–Trinajstić information content (AvgIpc) is 3.36. The van der Waals surface area contributed by atoms with E-state index in [1.807, 2.05) is 32.2 Å². The molecule has 0 spiro atoms. The Labute approximate surface area is 198 Å². The van der Waals surface area contributed by atoms with E-state index in [1.165, 1.54) is 17.5 Å². The van der Waals surface area contributed by atoms with Gasteiger partial charge in [-0.25, -0.2) is 0 Å². The number of hydrogen-bond donors (Lipinski definition) is 1. The highest BCUT2D eigenvalue weighted by molar-refractivity contribution is 5.79. The second-order valence-electron chi connectivity index (χ2n) is 10.1. The Morgan fingerprint density at radius 2 is 1.42 bits per heavy atom. The molecule has 0 radical (unpaired) electrons. The van der Waals surface area contributed by atoms with Gasteiger partial charge in [0.05, 0.1) is 6.10 Å². The summed E-state index contributed by atoms with van der Waals surface area (Å²) in [5, 5.41) is 9.97. The van der Waals surface area contributed by atoms with Crippen LogP contribution in [0, 0.1) is 37.5 Å². The molecule has 0 aromatic carbocycles. The fourth-order valence-electron chi connectivity index (χ4n) is 5.38.